The molecule has 1 aromatic rings. The number of benzene rings is 1. The summed E-state index contributed by atoms with van der Waals surface area (Å²) in [5, 5.41) is 25.0. The molecule has 0 spiro atoms. The zero-order chi connectivity index (χ0) is 14.8. The predicted octanol–water partition coefficient (Wildman–Crippen LogP) is 2.20. The van der Waals surface area contributed by atoms with Crippen LogP contribution in [0.1, 0.15) is 11.1 Å². The molecule has 0 amide bonds. The number of rotatable bonds is 1. The molecule has 1 aliphatic rings. The summed E-state index contributed by atoms with van der Waals surface area (Å²) in [7, 11) is 0. The van der Waals surface area contributed by atoms with Gasteiger partial charge in [0.25, 0.3) is 0 Å². The second-order valence-corrected chi connectivity index (χ2v) is 3.96. The van der Waals surface area contributed by atoms with Crippen molar-refractivity contribution in [3.63, 3.8) is 0 Å². The molecular formula is C13H8F3N3O. The maximum absolute atomic E-state index is 12.5. The largest absolute Gasteiger partial charge is 0.435 e. The van der Waals surface area contributed by atoms with E-state index in [2.05, 4.69) is 10.2 Å². The third kappa shape index (κ3) is 2.92. The van der Waals surface area contributed by atoms with Crippen LogP contribution in [0.5, 0.6) is 0 Å². The van der Waals surface area contributed by atoms with Crippen LogP contribution in [0.3, 0.4) is 0 Å². The van der Waals surface area contributed by atoms with E-state index in [0.717, 1.165) is 6.08 Å². The topological polar surface area (TPSA) is 68.7 Å². The van der Waals surface area contributed by atoms with Crippen LogP contribution < -0.4 is 0 Å². The Balaban J connectivity index is 2.40. The fraction of sp³-hybridized carbons (Fsp3) is 0.154. The lowest BCUT2D eigenvalue weighted by Crippen LogP contribution is -2.20. The predicted molar refractivity (Wildman–Crippen MR) is 66.3 cm³/mol. The van der Waals surface area contributed by atoms with Crippen molar-refractivity contribution in [2.75, 3.05) is 0 Å². The van der Waals surface area contributed by atoms with Crippen molar-refractivity contribution >= 4 is 11.4 Å². The molecule has 0 fully saturated rings. The number of hydrogen-bond donors (Lipinski definition) is 1. The molecule has 1 atom stereocenters. The Labute approximate surface area is 112 Å². The molecule has 0 aromatic heterocycles. The first-order valence-corrected chi connectivity index (χ1v) is 5.51. The van der Waals surface area contributed by atoms with Gasteiger partial charge in [0.2, 0.25) is 0 Å². The molecule has 0 saturated heterocycles. The quantitative estimate of drug-likeness (QED) is 0.856. The lowest BCUT2D eigenvalue weighted by Gasteiger charge is -2.07. The van der Waals surface area contributed by atoms with Gasteiger partial charge in [0.1, 0.15) is 11.8 Å². The lowest BCUT2D eigenvalue weighted by molar-refractivity contribution is -0.0578. The first kappa shape index (κ1) is 14.0. The molecule has 4 nitrogen and oxygen atoms in total. The molecule has 20 heavy (non-hydrogen) atoms. The van der Waals surface area contributed by atoms with Gasteiger partial charge in [-0.3, -0.25) is 0 Å². The Hall–Kier alpha value is -2.46. The van der Waals surface area contributed by atoms with E-state index in [9.17, 15) is 18.3 Å². The smallest absolute Gasteiger partial charge is 0.383 e. The van der Waals surface area contributed by atoms with Crippen molar-refractivity contribution in [2.45, 2.75) is 12.3 Å². The molecule has 0 aliphatic carbocycles. The molecule has 2 rings (SSSR count). The Kier molecular flexibility index (Phi) is 3.68. The highest BCUT2D eigenvalue weighted by Gasteiger charge is 2.35. The average Bonchev–Trinajstić information content (AvgIpc) is 2.60. The Morgan fingerprint density at radius 1 is 1.15 bits per heavy atom. The van der Waals surface area contributed by atoms with Crippen LogP contribution in [-0.2, 0) is 0 Å². The van der Waals surface area contributed by atoms with Crippen molar-refractivity contribution in [1.82, 2.24) is 0 Å². The fourth-order valence-electron chi connectivity index (χ4n) is 1.57. The van der Waals surface area contributed by atoms with Gasteiger partial charge in [-0.15, -0.1) is 5.10 Å². The number of nitrogens with zero attached hydrogens (tertiary/aromatic N) is 3. The van der Waals surface area contributed by atoms with E-state index in [-0.39, 0.29) is 5.71 Å². The molecule has 1 aromatic carbocycles. The van der Waals surface area contributed by atoms with Crippen LogP contribution >= 0.6 is 0 Å². The first-order valence-electron chi connectivity index (χ1n) is 5.51. The third-order valence-electron chi connectivity index (χ3n) is 2.58. The molecular weight excluding hydrogens is 271 g/mol. The zero-order valence-corrected chi connectivity index (χ0v) is 9.96. The van der Waals surface area contributed by atoms with E-state index >= 15 is 0 Å². The highest BCUT2D eigenvalue weighted by Crippen LogP contribution is 2.21. The second-order valence-electron chi connectivity index (χ2n) is 3.96. The van der Waals surface area contributed by atoms with Gasteiger partial charge < -0.3 is 5.11 Å². The number of allylic oxidation sites excluding steroid dienone is 1. The minimum absolute atomic E-state index is 0.00927. The summed E-state index contributed by atoms with van der Waals surface area (Å²) in [5.74, 6) is 0. The van der Waals surface area contributed by atoms with Crippen molar-refractivity contribution in [3.8, 4) is 6.07 Å². The van der Waals surface area contributed by atoms with E-state index in [1.165, 1.54) is 24.3 Å². The summed E-state index contributed by atoms with van der Waals surface area (Å²) in [6.45, 7) is 0. The van der Waals surface area contributed by atoms with Gasteiger partial charge in [0, 0.05) is 5.56 Å². The zero-order valence-electron chi connectivity index (χ0n) is 9.96. The number of hydrogen-bond acceptors (Lipinski definition) is 4. The summed E-state index contributed by atoms with van der Waals surface area (Å²) < 4.78 is 37.5. The van der Waals surface area contributed by atoms with Crippen LogP contribution in [0, 0.1) is 11.3 Å². The first-order chi connectivity index (χ1) is 9.41. The van der Waals surface area contributed by atoms with Crippen LogP contribution in [-0.4, -0.2) is 28.8 Å². The molecule has 1 N–H and O–H groups in total. The van der Waals surface area contributed by atoms with Gasteiger partial charge >= 0.3 is 6.18 Å². The Morgan fingerprint density at radius 3 is 2.35 bits per heavy atom. The Bertz CT molecular complexity index is 636. The number of alkyl halides is 3. The van der Waals surface area contributed by atoms with Crippen molar-refractivity contribution in [1.29, 1.82) is 5.26 Å². The number of nitriles is 1. The molecule has 1 unspecified atom stereocenters. The minimum atomic E-state index is -4.63. The van der Waals surface area contributed by atoms with Crippen molar-refractivity contribution in [2.24, 2.45) is 10.2 Å². The molecule has 0 radical (unpaired) electrons. The maximum atomic E-state index is 12.5. The molecule has 1 aliphatic heterocycles. The molecule has 7 heteroatoms. The summed E-state index contributed by atoms with van der Waals surface area (Å²) in [5.41, 5.74) is -0.397. The van der Waals surface area contributed by atoms with E-state index in [1.54, 1.807) is 0 Å². The molecule has 102 valence electrons. The molecule has 0 saturated carbocycles. The Morgan fingerprint density at radius 2 is 1.80 bits per heavy atom. The van der Waals surface area contributed by atoms with Gasteiger partial charge in [-0.1, -0.05) is 12.1 Å². The van der Waals surface area contributed by atoms with E-state index < -0.39 is 18.0 Å². The van der Waals surface area contributed by atoms with Crippen LogP contribution in [0.25, 0.3) is 0 Å². The highest BCUT2D eigenvalue weighted by molar-refractivity contribution is 6.08. The monoisotopic (exact) mass is 279 g/mol. The third-order valence-corrected chi connectivity index (χ3v) is 2.58. The van der Waals surface area contributed by atoms with E-state index in [4.69, 9.17) is 5.26 Å². The van der Waals surface area contributed by atoms with E-state index in [1.807, 2.05) is 6.07 Å². The molecule has 1 heterocycles. The normalized spacial score (nSPS) is 18.9. The summed E-state index contributed by atoms with van der Waals surface area (Å²) in [6.07, 6.45) is -4.27. The van der Waals surface area contributed by atoms with Crippen LogP contribution in [0.2, 0.25) is 0 Å². The lowest BCUT2D eigenvalue weighted by atomic mass is 10.0. The number of halogens is 3. The van der Waals surface area contributed by atoms with Crippen molar-refractivity contribution in [3.05, 3.63) is 47.5 Å². The number of aliphatic hydroxyl groups is 1. The second kappa shape index (κ2) is 5.27. The van der Waals surface area contributed by atoms with Crippen LogP contribution in [0.15, 0.2) is 46.6 Å². The van der Waals surface area contributed by atoms with Gasteiger partial charge in [0.05, 0.1) is 11.6 Å². The summed E-state index contributed by atoms with van der Waals surface area (Å²) >= 11 is 0. The summed E-state index contributed by atoms with van der Waals surface area (Å²) in [4.78, 5) is 0. The standard InChI is InChI=1S/C13H8F3N3O/c14-13(15,16)11-6-5-10(20)12(19-18-11)9-3-1-8(7-17)2-4-9/h1-6,10,20H. The van der Waals surface area contributed by atoms with Gasteiger partial charge in [0.15, 0.2) is 5.71 Å². The van der Waals surface area contributed by atoms with Crippen LogP contribution in [0.4, 0.5) is 13.2 Å². The fourth-order valence-corrected chi connectivity index (χ4v) is 1.57. The maximum Gasteiger partial charge on any atom is 0.435 e. The number of aliphatic hydroxyl groups excluding tert-OH is 1. The SMILES string of the molecule is N#Cc1ccc(C2=NN=C(C(F)(F)F)C=CC2O)cc1. The minimum Gasteiger partial charge on any atom is -0.383 e. The van der Waals surface area contributed by atoms with Gasteiger partial charge in [-0.05, 0) is 24.3 Å². The average molecular weight is 279 g/mol. The van der Waals surface area contributed by atoms with Crippen molar-refractivity contribution < 1.29 is 18.3 Å². The summed E-state index contributed by atoms with van der Waals surface area (Å²) in [6, 6.07) is 7.85. The van der Waals surface area contributed by atoms with Gasteiger partial charge in [-0.25, -0.2) is 0 Å². The van der Waals surface area contributed by atoms with Gasteiger partial charge in [-0.2, -0.15) is 23.5 Å². The highest BCUT2D eigenvalue weighted by atomic mass is 19.4. The van der Waals surface area contributed by atoms with E-state index in [0.29, 0.717) is 17.2 Å². The molecule has 0 bridgehead atoms.